The number of carbonyl (C=O) groups is 1. The van der Waals surface area contributed by atoms with E-state index in [0.717, 1.165) is 44.3 Å². The minimum Gasteiger partial charge on any atom is -0.335 e. The van der Waals surface area contributed by atoms with Crippen molar-refractivity contribution < 1.29 is 4.79 Å². The third-order valence-electron chi connectivity index (χ3n) is 6.10. The van der Waals surface area contributed by atoms with Crippen LogP contribution in [0.4, 0.5) is 0 Å². The molecule has 1 saturated heterocycles. The van der Waals surface area contributed by atoms with Gasteiger partial charge in [-0.3, -0.25) is 9.48 Å². The standard InChI is InChI=1S/C21H27N3O/c1-14-20(15(2)23(3)22-14)19-12-7-13-24(19)21(25)18-11-6-9-16-8-4-5-10-17(16)18/h4-5,8,10,18-19H,6-7,9,11-13H2,1-3H3/t18-,19-/m1/s1. The van der Waals surface area contributed by atoms with Gasteiger partial charge in [-0.05, 0) is 57.1 Å². The fourth-order valence-electron chi connectivity index (χ4n) is 4.81. The van der Waals surface area contributed by atoms with Crippen molar-refractivity contribution in [3.63, 3.8) is 0 Å². The molecule has 1 aliphatic carbocycles. The maximum atomic E-state index is 13.5. The van der Waals surface area contributed by atoms with E-state index in [0.29, 0.717) is 5.91 Å². The van der Waals surface area contributed by atoms with Gasteiger partial charge in [0.1, 0.15) is 0 Å². The third-order valence-corrected chi connectivity index (χ3v) is 6.10. The van der Waals surface area contributed by atoms with Gasteiger partial charge < -0.3 is 4.90 Å². The molecule has 1 aromatic carbocycles. The quantitative estimate of drug-likeness (QED) is 0.835. The Morgan fingerprint density at radius 3 is 2.72 bits per heavy atom. The number of likely N-dealkylation sites (tertiary alicyclic amines) is 1. The molecule has 2 aliphatic rings. The molecular formula is C21H27N3O. The zero-order valence-corrected chi connectivity index (χ0v) is 15.5. The first-order valence-electron chi connectivity index (χ1n) is 9.46. The van der Waals surface area contributed by atoms with Crippen molar-refractivity contribution in [3.05, 3.63) is 52.3 Å². The van der Waals surface area contributed by atoms with E-state index in [4.69, 9.17) is 0 Å². The van der Waals surface area contributed by atoms with Crippen molar-refractivity contribution in [2.45, 2.75) is 57.9 Å². The van der Waals surface area contributed by atoms with Crippen molar-refractivity contribution in [3.8, 4) is 0 Å². The van der Waals surface area contributed by atoms with Crippen LogP contribution in [0.25, 0.3) is 0 Å². The highest BCUT2D eigenvalue weighted by Gasteiger charge is 2.38. The molecule has 4 rings (SSSR count). The lowest BCUT2D eigenvalue weighted by Gasteiger charge is -2.32. The van der Waals surface area contributed by atoms with Crippen LogP contribution in [-0.2, 0) is 18.3 Å². The fraction of sp³-hybridized carbons (Fsp3) is 0.524. The first-order chi connectivity index (χ1) is 12.1. The highest BCUT2D eigenvalue weighted by atomic mass is 16.2. The minimum atomic E-state index is 0.0304. The molecule has 132 valence electrons. The van der Waals surface area contributed by atoms with Gasteiger partial charge in [0.05, 0.1) is 17.7 Å². The molecule has 25 heavy (non-hydrogen) atoms. The number of benzene rings is 1. The SMILES string of the molecule is Cc1nn(C)c(C)c1[C@H]1CCCN1C(=O)[C@@H]1CCCc2ccccc21. The van der Waals surface area contributed by atoms with Gasteiger partial charge in [0, 0.05) is 24.8 Å². The van der Waals surface area contributed by atoms with Gasteiger partial charge >= 0.3 is 0 Å². The van der Waals surface area contributed by atoms with Crippen LogP contribution in [0.15, 0.2) is 24.3 Å². The maximum absolute atomic E-state index is 13.5. The van der Waals surface area contributed by atoms with Crippen LogP contribution < -0.4 is 0 Å². The molecule has 0 unspecified atom stereocenters. The minimum absolute atomic E-state index is 0.0304. The molecule has 0 N–H and O–H groups in total. The Labute approximate surface area is 149 Å². The molecule has 0 radical (unpaired) electrons. The van der Waals surface area contributed by atoms with Gasteiger partial charge in [0.15, 0.2) is 0 Å². The Balaban J connectivity index is 1.66. The summed E-state index contributed by atoms with van der Waals surface area (Å²) in [4.78, 5) is 15.6. The van der Waals surface area contributed by atoms with E-state index in [9.17, 15) is 4.79 Å². The second kappa shape index (κ2) is 6.32. The summed E-state index contributed by atoms with van der Waals surface area (Å²) in [6, 6.07) is 8.69. The summed E-state index contributed by atoms with van der Waals surface area (Å²) in [5.74, 6) is 0.347. The molecule has 4 heteroatoms. The molecule has 4 nitrogen and oxygen atoms in total. The number of fused-ring (bicyclic) bond motifs is 1. The molecule has 1 aromatic heterocycles. The molecule has 2 atom stereocenters. The second-order valence-corrected chi connectivity index (χ2v) is 7.54. The van der Waals surface area contributed by atoms with E-state index in [1.807, 2.05) is 11.7 Å². The lowest BCUT2D eigenvalue weighted by atomic mass is 9.82. The molecular weight excluding hydrogens is 310 g/mol. The van der Waals surface area contributed by atoms with Gasteiger partial charge in [-0.2, -0.15) is 5.10 Å². The van der Waals surface area contributed by atoms with Crippen LogP contribution in [0.3, 0.4) is 0 Å². The number of hydrogen-bond acceptors (Lipinski definition) is 2. The highest BCUT2D eigenvalue weighted by Crippen LogP contribution is 2.40. The Hall–Kier alpha value is -2.10. The molecule has 2 heterocycles. The smallest absolute Gasteiger partial charge is 0.230 e. The summed E-state index contributed by atoms with van der Waals surface area (Å²) in [6.07, 6.45) is 5.32. The van der Waals surface area contributed by atoms with E-state index in [2.05, 4.69) is 48.1 Å². The molecule has 1 amide bonds. The van der Waals surface area contributed by atoms with Crippen LogP contribution in [-0.4, -0.2) is 27.1 Å². The number of hydrogen-bond donors (Lipinski definition) is 0. The predicted molar refractivity (Wildman–Crippen MR) is 98.5 cm³/mol. The van der Waals surface area contributed by atoms with Crippen LogP contribution in [0.2, 0.25) is 0 Å². The number of amides is 1. The fourth-order valence-corrected chi connectivity index (χ4v) is 4.81. The lowest BCUT2D eigenvalue weighted by molar-refractivity contribution is -0.134. The normalized spacial score (nSPS) is 22.9. The van der Waals surface area contributed by atoms with E-state index >= 15 is 0 Å². The number of rotatable bonds is 2. The van der Waals surface area contributed by atoms with Crippen molar-refractivity contribution in [1.29, 1.82) is 0 Å². The summed E-state index contributed by atoms with van der Waals surface area (Å²) in [5, 5.41) is 4.58. The van der Waals surface area contributed by atoms with Crippen molar-refractivity contribution >= 4 is 5.91 Å². The Morgan fingerprint density at radius 2 is 1.96 bits per heavy atom. The number of aryl methyl sites for hydroxylation is 3. The van der Waals surface area contributed by atoms with E-state index < -0.39 is 0 Å². The topological polar surface area (TPSA) is 38.1 Å². The molecule has 0 saturated carbocycles. The van der Waals surface area contributed by atoms with Crippen molar-refractivity contribution in [2.24, 2.45) is 7.05 Å². The van der Waals surface area contributed by atoms with E-state index in [1.54, 1.807) is 0 Å². The van der Waals surface area contributed by atoms with Crippen LogP contribution in [0.1, 0.15) is 65.7 Å². The molecule has 2 aromatic rings. The Morgan fingerprint density at radius 1 is 1.16 bits per heavy atom. The monoisotopic (exact) mass is 337 g/mol. The summed E-state index contributed by atoms with van der Waals surface area (Å²) >= 11 is 0. The van der Waals surface area contributed by atoms with E-state index in [1.165, 1.54) is 22.4 Å². The molecule has 1 aliphatic heterocycles. The van der Waals surface area contributed by atoms with Gasteiger partial charge in [-0.15, -0.1) is 0 Å². The van der Waals surface area contributed by atoms with Crippen LogP contribution in [0.5, 0.6) is 0 Å². The second-order valence-electron chi connectivity index (χ2n) is 7.54. The molecule has 0 bridgehead atoms. The number of aromatic nitrogens is 2. The van der Waals surface area contributed by atoms with Gasteiger partial charge in [-0.25, -0.2) is 0 Å². The number of nitrogens with zero attached hydrogens (tertiary/aromatic N) is 3. The lowest BCUT2D eigenvalue weighted by Crippen LogP contribution is -2.36. The zero-order valence-electron chi connectivity index (χ0n) is 15.5. The maximum Gasteiger partial charge on any atom is 0.230 e. The van der Waals surface area contributed by atoms with Crippen LogP contribution in [0, 0.1) is 13.8 Å². The Bertz CT molecular complexity index is 807. The summed E-state index contributed by atoms with van der Waals surface area (Å²) in [5.41, 5.74) is 6.12. The van der Waals surface area contributed by atoms with Gasteiger partial charge in [0.2, 0.25) is 5.91 Å². The van der Waals surface area contributed by atoms with Gasteiger partial charge in [-0.1, -0.05) is 24.3 Å². The van der Waals surface area contributed by atoms with Crippen LogP contribution >= 0.6 is 0 Å². The molecule has 0 spiro atoms. The average molecular weight is 337 g/mol. The summed E-state index contributed by atoms with van der Waals surface area (Å²) in [6.45, 7) is 5.06. The van der Waals surface area contributed by atoms with E-state index in [-0.39, 0.29) is 12.0 Å². The highest BCUT2D eigenvalue weighted by molar-refractivity contribution is 5.85. The largest absolute Gasteiger partial charge is 0.335 e. The first-order valence-corrected chi connectivity index (χ1v) is 9.46. The predicted octanol–water partition coefficient (Wildman–Crippen LogP) is 3.82. The summed E-state index contributed by atoms with van der Waals surface area (Å²) in [7, 11) is 1.99. The zero-order chi connectivity index (χ0) is 17.6. The average Bonchev–Trinajstić information content (AvgIpc) is 3.18. The third kappa shape index (κ3) is 2.68. The number of carbonyl (C=O) groups excluding carboxylic acids is 1. The first kappa shape index (κ1) is 16.4. The summed E-state index contributed by atoms with van der Waals surface area (Å²) < 4.78 is 1.95. The van der Waals surface area contributed by atoms with Crippen molar-refractivity contribution in [2.75, 3.05) is 6.54 Å². The van der Waals surface area contributed by atoms with Gasteiger partial charge in [0.25, 0.3) is 0 Å². The van der Waals surface area contributed by atoms with Crippen molar-refractivity contribution in [1.82, 2.24) is 14.7 Å². The molecule has 1 fully saturated rings. The Kier molecular flexibility index (Phi) is 4.14.